The van der Waals surface area contributed by atoms with Gasteiger partial charge in [-0.1, -0.05) is 36.0 Å². The Balaban J connectivity index is 2.09. The van der Waals surface area contributed by atoms with Gasteiger partial charge in [-0.25, -0.2) is 0 Å². The van der Waals surface area contributed by atoms with E-state index >= 15 is 0 Å². The summed E-state index contributed by atoms with van der Waals surface area (Å²) in [6.07, 6.45) is 6.05. The molecule has 1 aromatic carbocycles. The third-order valence-corrected chi connectivity index (χ3v) is 4.20. The van der Waals surface area contributed by atoms with Gasteiger partial charge in [0, 0.05) is 33.6 Å². The minimum Gasteiger partial charge on any atom is -0.360 e. The minimum atomic E-state index is 0.163. The topological polar surface area (TPSA) is 32.9 Å². The van der Waals surface area contributed by atoms with E-state index in [1.807, 2.05) is 0 Å². The molecule has 0 bridgehead atoms. The van der Waals surface area contributed by atoms with E-state index in [1.165, 1.54) is 0 Å². The zero-order valence-electron chi connectivity index (χ0n) is 9.80. The van der Waals surface area contributed by atoms with Crippen molar-refractivity contribution in [3.05, 3.63) is 33.9 Å². The first-order valence-corrected chi connectivity index (χ1v) is 6.93. The lowest BCUT2D eigenvalue weighted by atomic mass is 9.96. The lowest BCUT2D eigenvalue weighted by Gasteiger charge is -2.07. The molecule has 1 aromatic heterocycles. The summed E-state index contributed by atoms with van der Waals surface area (Å²) in [7, 11) is 0. The van der Waals surface area contributed by atoms with E-state index in [9.17, 15) is 4.79 Å². The maximum absolute atomic E-state index is 12.4. The van der Waals surface area contributed by atoms with Crippen LogP contribution in [0.15, 0.2) is 18.3 Å². The van der Waals surface area contributed by atoms with E-state index in [0.717, 1.165) is 36.6 Å². The van der Waals surface area contributed by atoms with E-state index in [2.05, 4.69) is 4.98 Å². The summed E-state index contributed by atoms with van der Waals surface area (Å²) in [6.45, 7) is 0. The highest BCUT2D eigenvalue weighted by Crippen LogP contribution is 2.34. The number of aromatic nitrogens is 1. The first-order valence-electron chi connectivity index (χ1n) is 6.17. The molecule has 0 saturated heterocycles. The van der Waals surface area contributed by atoms with Crippen LogP contribution >= 0.6 is 23.2 Å². The Kier molecular flexibility index (Phi) is 3.08. The number of H-pyrrole nitrogens is 1. The van der Waals surface area contributed by atoms with E-state index in [0.29, 0.717) is 15.6 Å². The fourth-order valence-electron chi connectivity index (χ4n) is 2.79. The Morgan fingerprint density at radius 3 is 2.67 bits per heavy atom. The molecule has 1 saturated carbocycles. The van der Waals surface area contributed by atoms with Crippen molar-refractivity contribution in [3.8, 4) is 0 Å². The van der Waals surface area contributed by atoms with Crippen molar-refractivity contribution >= 4 is 39.9 Å². The lowest BCUT2D eigenvalue weighted by Crippen LogP contribution is -2.10. The predicted octanol–water partition coefficient (Wildman–Crippen LogP) is 4.85. The number of ketones is 1. The molecule has 3 rings (SSSR count). The lowest BCUT2D eigenvalue weighted by molar-refractivity contribution is 0.0924. The van der Waals surface area contributed by atoms with Crippen LogP contribution in [-0.2, 0) is 0 Å². The molecular weight excluding hydrogens is 269 g/mol. The van der Waals surface area contributed by atoms with Crippen molar-refractivity contribution in [2.45, 2.75) is 25.7 Å². The maximum Gasteiger partial charge on any atom is 0.168 e. The fraction of sp³-hybridized carbons (Fsp3) is 0.357. The van der Waals surface area contributed by atoms with Gasteiger partial charge in [-0.2, -0.15) is 0 Å². The number of nitrogens with one attached hydrogen (secondary N) is 1. The van der Waals surface area contributed by atoms with Gasteiger partial charge in [-0.05, 0) is 25.0 Å². The average molecular weight is 282 g/mol. The number of halogens is 2. The standard InChI is InChI=1S/C14H13Cl2NO/c15-9-5-11(16)13-10(7-17-12(13)6-9)14(18)8-3-1-2-4-8/h5-8,17H,1-4H2. The van der Waals surface area contributed by atoms with Crippen LogP contribution in [0.2, 0.25) is 10.0 Å². The van der Waals surface area contributed by atoms with Gasteiger partial charge in [0.05, 0.1) is 5.02 Å². The maximum atomic E-state index is 12.4. The number of rotatable bonds is 2. The van der Waals surface area contributed by atoms with E-state index in [4.69, 9.17) is 23.2 Å². The summed E-state index contributed by atoms with van der Waals surface area (Å²) >= 11 is 12.2. The fourth-order valence-corrected chi connectivity index (χ4v) is 3.38. The SMILES string of the molecule is O=C(c1c[nH]c2cc(Cl)cc(Cl)c12)C1CCCC1. The zero-order valence-corrected chi connectivity index (χ0v) is 11.3. The highest BCUT2D eigenvalue weighted by atomic mass is 35.5. The van der Waals surface area contributed by atoms with Crippen molar-refractivity contribution in [2.24, 2.45) is 5.92 Å². The van der Waals surface area contributed by atoms with Gasteiger partial charge in [-0.15, -0.1) is 0 Å². The molecule has 1 heterocycles. The molecule has 2 aromatic rings. The van der Waals surface area contributed by atoms with Gasteiger partial charge < -0.3 is 4.98 Å². The third-order valence-electron chi connectivity index (χ3n) is 3.69. The molecule has 2 nitrogen and oxygen atoms in total. The molecular formula is C14H13Cl2NO. The van der Waals surface area contributed by atoms with E-state index in [1.54, 1.807) is 18.3 Å². The Hall–Kier alpha value is -0.990. The number of carbonyl (C=O) groups is 1. The summed E-state index contributed by atoms with van der Waals surface area (Å²) in [4.78, 5) is 15.5. The van der Waals surface area contributed by atoms with Gasteiger partial charge in [-0.3, -0.25) is 4.79 Å². The largest absolute Gasteiger partial charge is 0.360 e. The summed E-state index contributed by atoms with van der Waals surface area (Å²) in [5, 5.41) is 1.92. The Bertz CT molecular complexity index is 612. The molecule has 0 spiro atoms. The highest BCUT2D eigenvalue weighted by Gasteiger charge is 2.26. The molecule has 0 unspecified atom stereocenters. The summed E-state index contributed by atoms with van der Waals surface area (Å²) in [5.41, 5.74) is 1.53. The first-order chi connectivity index (χ1) is 8.66. The van der Waals surface area contributed by atoms with Crippen LogP contribution < -0.4 is 0 Å². The quantitative estimate of drug-likeness (QED) is 0.785. The second-order valence-electron chi connectivity index (χ2n) is 4.86. The Morgan fingerprint density at radius 1 is 1.22 bits per heavy atom. The molecule has 4 heteroatoms. The van der Waals surface area contributed by atoms with Crippen LogP contribution in [0, 0.1) is 5.92 Å². The molecule has 0 radical (unpaired) electrons. The van der Waals surface area contributed by atoms with Gasteiger partial charge >= 0.3 is 0 Å². The number of Topliss-reactive ketones (excluding diaryl/α,β-unsaturated/α-hetero) is 1. The second-order valence-corrected chi connectivity index (χ2v) is 5.70. The Labute approximate surface area is 115 Å². The van der Waals surface area contributed by atoms with Crippen molar-refractivity contribution in [3.63, 3.8) is 0 Å². The van der Waals surface area contributed by atoms with Crippen LogP contribution in [0.5, 0.6) is 0 Å². The highest BCUT2D eigenvalue weighted by molar-refractivity contribution is 6.39. The number of carbonyl (C=O) groups excluding carboxylic acids is 1. The van der Waals surface area contributed by atoms with Crippen LogP contribution in [0.25, 0.3) is 10.9 Å². The number of hydrogen-bond donors (Lipinski definition) is 1. The van der Waals surface area contributed by atoms with Crippen molar-refractivity contribution in [1.29, 1.82) is 0 Å². The monoisotopic (exact) mass is 281 g/mol. The van der Waals surface area contributed by atoms with Crippen molar-refractivity contribution in [1.82, 2.24) is 4.98 Å². The van der Waals surface area contributed by atoms with Gasteiger partial charge in [0.25, 0.3) is 0 Å². The van der Waals surface area contributed by atoms with Gasteiger partial charge in [0.1, 0.15) is 0 Å². The zero-order chi connectivity index (χ0) is 12.7. The number of aromatic amines is 1. The molecule has 94 valence electrons. The number of benzene rings is 1. The number of hydrogen-bond acceptors (Lipinski definition) is 1. The van der Waals surface area contributed by atoms with Gasteiger partial charge in [0.2, 0.25) is 0 Å². The minimum absolute atomic E-state index is 0.163. The normalized spacial score (nSPS) is 16.6. The smallest absolute Gasteiger partial charge is 0.168 e. The Morgan fingerprint density at radius 2 is 1.94 bits per heavy atom. The molecule has 1 aliphatic carbocycles. The third kappa shape index (κ3) is 1.94. The van der Waals surface area contributed by atoms with E-state index < -0.39 is 0 Å². The average Bonchev–Trinajstić information content (AvgIpc) is 2.96. The summed E-state index contributed by atoms with van der Waals surface area (Å²) in [6, 6.07) is 3.49. The van der Waals surface area contributed by atoms with Crippen LogP contribution in [-0.4, -0.2) is 10.8 Å². The van der Waals surface area contributed by atoms with Gasteiger partial charge in [0.15, 0.2) is 5.78 Å². The molecule has 1 fully saturated rings. The molecule has 1 aliphatic rings. The molecule has 0 atom stereocenters. The van der Waals surface area contributed by atoms with Crippen molar-refractivity contribution < 1.29 is 4.79 Å². The van der Waals surface area contributed by atoms with Crippen molar-refractivity contribution in [2.75, 3.05) is 0 Å². The second kappa shape index (κ2) is 4.60. The first kappa shape index (κ1) is 12.1. The van der Waals surface area contributed by atoms with Crippen LogP contribution in [0.3, 0.4) is 0 Å². The van der Waals surface area contributed by atoms with E-state index in [-0.39, 0.29) is 11.7 Å². The van der Waals surface area contributed by atoms with Crippen LogP contribution in [0.4, 0.5) is 0 Å². The predicted molar refractivity (Wildman–Crippen MR) is 74.6 cm³/mol. The molecule has 0 aliphatic heterocycles. The summed E-state index contributed by atoms with van der Waals surface area (Å²) < 4.78 is 0. The molecule has 1 N–H and O–H groups in total. The molecule has 18 heavy (non-hydrogen) atoms. The number of fused-ring (bicyclic) bond motifs is 1. The molecule has 0 amide bonds. The summed E-state index contributed by atoms with van der Waals surface area (Å²) in [5.74, 6) is 0.374. The van der Waals surface area contributed by atoms with Crippen LogP contribution in [0.1, 0.15) is 36.0 Å².